The van der Waals surface area contributed by atoms with Crippen molar-refractivity contribution in [3.05, 3.63) is 0 Å². The van der Waals surface area contributed by atoms with Gasteiger partial charge < -0.3 is 15.5 Å². The lowest BCUT2D eigenvalue weighted by atomic mass is 10.4. The van der Waals surface area contributed by atoms with E-state index in [0.29, 0.717) is 0 Å². The fraction of sp³-hybridized carbons (Fsp3) is 0.625. The zero-order chi connectivity index (χ0) is 11.3. The number of hydrogen-bond donors (Lipinski definition) is 1. The van der Waals surface area contributed by atoms with Crippen LogP contribution in [0, 0.1) is 0 Å². The Bertz CT molecular complexity index is 252. The van der Waals surface area contributed by atoms with E-state index in [4.69, 9.17) is 5.73 Å². The summed E-state index contributed by atoms with van der Waals surface area (Å²) < 4.78 is 0. The van der Waals surface area contributed by atoms with Crippen LogP contribution in [0.5, 0.6) is 0 Å². The summed E-state index contributed by atoms with van der Waals surface area (Å²) in [6.07, 6.45) is 0. The summed E-state index contributed by atoms with van der Waals surface area (Å²) in [6.45, 7) is 1.19. The van der Waals surface area contributed by atoms with Crippen LogP contribution in [-0.2, 0) is 14.4 Å². The molecule has 80 valence electrons. The molecule has 0 saturated carbocycles. The Morgan fingerprint density at radius 2 is 1.57 bits per heavy atom. The summed E-state index contributed by atoms with van der Waals surface area (Å²) in [7, 11) is 2.97. The van der Waals surface area contributed by atoms with Crippen LogP contribution < -0.4 is 5.73 Å². The van der Waals surface area contributed by atoms with Crippen LogP contribution in [0.2, 0.25) is 0 Å². The molecule has 0 rings (SSSR count). The topological polar surface area (TPSA) is 83.7 Å². The Morgan fingerprint density at radius 1 is 1.07 bits per heavy atom. The maximum absolute atomic E-state index is 11.3. The summed E-state index contributed by atoms with van der Waals surface area (Å²) in [5.41, 5.74) is 4.91. The third kappa shape index (κ3) is 4.44. The van der Waals surface area contributed by atoms with Gasteiger partial charge in [-0.1, -0.05) is 0 Å². The minimum absolute atomic E-state index is 0.0425. The van der Waals surface area contributed by atoms with Gasteiger partial charge in [-0.25, -0.2) is 0 Å². The number of hydrogen-bond acceptors (Lipinski definition) is 3. The number of amides is 3. The molecule has 0 atom stereocenters. The summed E-state index contributed by atoms with van der Waals surface area (Å²) in [4.78, 5) is 35.0. The molecule has 6 heteroatoms. The van der Waals surface area contributed by atoms with Crippen LogP contribution in [0.1, 0.15) is 6.92 Å². The van der Waals surface area contributed by atoms with Gasteiger partial charge in [-0.2, -0.15) is 0 Å². The first-order chi connectivity index (χ1) is 6.34. The van der Waals surface area contributed by atoms with E-state index in [-0.39, 0.29) is 24.9 Å². The van der Waals surface area contributed by atoms with Gasteiger partial charge in [0.05, 0.1) is 13.1 Å². The monoisotopic (exact) mass is 201 g/mol. The molecule has 0 aliphatic rings. The summed E-state index contributed by atoms with van der Waals surface area (Å²) in [5.74, 6) is -1.10. The second-order valence-electron chi connectivity index (χ2n) is 3.09. The van der Waals surface area contributed by atoms with Crippen LogP contribution >= 0.6 is 0 Å². The van der Waals surface area contributed by atoms with E-state index in [1.165, 1.54) is 30.8 Å². The molecule has 0 aromatic rings. The van der Waals surface area contributed by atoms with Crippen molar-refractivity contribution < 1.29 is 14.4 Å². The molecule has 0 fully saturated rings. The Hall–Kier alpha value is -1.59. The van der Waals surface area contributed by atoms with Gasteiger partial charge in [0.1, 0.15) is 0 Å². The molecule has 0 unspecified atom stereocenters. The summed E-state index contributed by atoms with van der Waals surface area (Å²) in [6, 6.07) is 0. The van der Waals surface area contributed by atoms with Crippen LogP contribution in [0.15, 0.2) is 0 Å². The van der Waals surface area contributed by atoms with Gasteiger partial charge in [0.25, 0.3) is 0 Å². The zero-order valence-corrected chi connectivity index (χ0v) is 8.61. The lowest BCUT2D eigenvalue weighted by molar-refractivity contribution is -0.139. The number of nitrogens with zero attached hydrogens (tertiary/aromatic N) is 2. The Kier molecular flexibility index (Phi) is 4.62. The van der Waals surface area contributed by atoms with E-state index in [2.05, 4.69) is 0 Å². The maximum Gasteiger partial charge on any atom is 0.242 e. The zero-order valence-electron chi connectivity index (χ0n) is 8.61. The molecule has 0 spiro atoms. The highest BCUT2D eigenvalue weighted by Gasteiger charge is 2.14. The normalized spacial score (nSPS) is 9.36. The number of carbonyl (C=O) groups is 3. The molecular formula is C8H15N3O3. The molecule has 0 aromatic carbocycles. The predicted octanol–water partition coefficient (Wildman–Crippen LogP) is -1.59. The molecular weight excluding hydrogens is 186 g/mol. The molecule has 3 amide bonds. The maximum atomic E-state index is 11.3. The number of carbonyl (C=O) groups excluding carboxylic acids is 3. The van der Waals surface area contributed by atoms with Crippen molar-refractivity contribution in [2.45, 2.75) is 6.92 Å². The minimum atomic E-state index is -0.577. The molecule has 0 saturated heterocycles. The summed E-state index contributed by atoms with van der Waals surface area (Å²) in [5, 5.41) is 0. The van der Waals surface area contributed by atoms with E-state index in [1.807, 2.05) is 0 Å². The molecule has 14 heavy (non-hydrogen) atoms. The largest absolute Gasteiger partial charge is 0.368 e. The van der Waals surface area contributed by atoms with Gasteiger partial charge in [-0.05, 0) is 0 Å². The van der Waals surface area contributed by atoms with Gasteiger partial charge >= 0.3 is 0 Å². The number of likely N-dealkylation sites (N-methyl/N-ethyl adjacent to an activating group) is 2. The van der Waals surface area contributed by atoms with Crippen molar-refractivity contribution in [2.75, 3.05) is 27.2 Å². The number of primary amides is 1. The van der Waals surface area contributed by atoms with E-state index in [0.717, 1.165) is 0 Å². The van der Waals surface area contributed by atoms with E-state index >= 15 is 0 Å². The van der Waals surface area contributed by atoms with Crippen LogP contribution in [0.3, 0.4) is 0 Å². The Morgan fingerprint density at radius 3 is 1.93 bits per heavy atom. The second-order valence-corrected chi connectivity index (χ2v) is 3.09. The standard InChI is InChI=1S/C8H15N3O3/c1-6(12)10(2)5-8(14)11(3)4-7(9)13/h4-5H2,1-3H3,(H2,9,13). The van der Waals surface area contributed by atoms with Crippen LogP contribution in [0.25, 0.3) is 0 Å². The Balaban J connectivity index is 4.07. The van der Waals surface area contributed by atoms with E-state index < -0.39 is 5.91 Å². The lowest BCUT2D eigenvalue weighted by Crippen LogP contribution is -2.41. The highest BCUT2D eigenvalue weighted by molar-refractivity contribution is 5.87. The lowest BCUT2D eigenvalue weighted by Gasteiger charge is -2.19. The Labute approximate surface area is 82.6 Å². The van der Waals surface area contributed by atoms with Crippen molar-refractivity contribution in [2.24, 2.45) is 5.73 Å². The molecule has 2 N–H and O–H groups in total. The number of rotatable bonds is 4. The molecule has 0 bridgehead atoms. The van der Waals surface area contributed by atoms with Crippen LogP contribution in [0.4, 0.5) is 0 Å². The first-order valence-electron chi connectivity index (χ1n) is 4.08. The molecule has 6 nitrogen and oxygen atoms in total. The second kappa shape index (κ2) is 5.21. The smallest absolute Gasteiger partial charge is 0.242 e. The third-order valence-corrected chi connectivity index (χ3v) is 1.73. The van der Waals surface area contributed by atoms with Crippen molar-refractivity contribution >= 4 is 17.7 Å². The quantitative estimate of drug-likeness (QED) is 0.595. The molecule has 0 heterocycles. The van der Waals surface area contributed by atoms with Crippen molar-refractivity contribution in [3.63, 3.8) is 0 Å². The fourth-order valence-electron chi connectivity index (χ4n) is 0.757. The molecule has 0 aliphatic carbocycles. The molecule has 0 radical (unpaired) electrons. The van der Waals surface area contributed by atoms with E-state index in [1.54, 1.807) is 0 Å². The van der Waals surface area contributed by atoms with Gasteiger partial charge in [0.15, 0.2) is 0 Å². The van der Waals surface area contributed by atoms with Gasteiger partial charge in [0, 0.05) is 21.0 Å². The van der Waals surface area contributed by atoms with Crippen molar-refractivity contribution in [3.8, 4) is 0 Å². The third-order valence-electron chi connectivity index (χ3n) is 1.73. The minimum Gasteiger partial charge on any atom is -0.368 e. The van der Waals surface area contributed by atoms with Crippen molar-refractivity contribution in [1.29, 1.82) is 0 Å². The summed E-state index contributed by atoms with van der Waals surface area (Å²) >= 11 is 0. The first kappa shape index (κ1) is 12.4. The SMILES string of the molecule is CC(=O)N(C)CC(=O)N(C)CC(N)=O. The average Bonchev–Trinajstić information content (AvgIpc) is 2.02. The van der Waals surface area contributed by atoms with Crippen molar-refractivity contribution in [1.82, 2.24) is 9.80 Å². The van der Waals surface area contributed by atoms with Gasteiger partial charge in [-0.3, -0.25) is 14.4 Å². The fourth-order valence-corrected chi connectivity index (χ4v) is 0.757. The van der Waals surface area contributed by atoms with E-state index in [9.17, 15) is 14.4 Å². The highest BCUT2D eigenvalue weighted by Crippen LogP contribution is 1.89. The predicted molar refractivity (Wildman–Crippen MR) is 50.1 cm³/mol. The molecule has 0 aliphatic heterocycles. The van der Waals surface area contributed by atoms with Gasteiger partial charge in [0.2, 0.25) is 17.7 Å². The first-order valence-corrected chi connectivity index (χ1v) is 4.08. The molecule has 0 aromatic heterocycles. The highest BCUT2D eigenvalue weighted by atomic mass is 16.2. The van der Waals surface area contributed by atoms with Gasteiger partial charge in [-0.15, -0.1) is 0 Å². The van der Waals surface area contributed by atoms with Crippen LogP contribution in [-0.4, -0.2) is 54.7 Å². The number of nitrogens with two attached hydrogens (primary N) is 1. The average molecular weight is 201 g/mol.